The second-order valence-electron chi connectivity index (χ2n) is 6.70. The third-order valence-corrected chi connectivity index (χ3v) is 4.97. The minimum Gasteiger partial charge on any atom is -0.470 e. The highest BCUT2D eigenvalue weighted by Gasteiger charge is 2.35. The Balaban J connectivity index is 1.63. The highest BCUT2D eigenvalue weighted by Crippen LogP contribution is 2.35. The number of fused-ring (bicyclic) bond motifs is 1. The van der Waals surface area contributed by atoms with Crippen molar-refractivity contribution in [1.29, 1.82) is 0 Å². The number of hydrogen-bond acceptors (Lipinski definition) is 2. The molecule has 1 aromatic carbocycles. The van der Waals surface area contributed by atoms with Crippen LogP contribution in [0.1, 0.15) is 57.4 Å². The van der Waals surface area contributed by atoms with Crippen LogP contribution in [0.4, 0.5) is 0 Å². The van der Waals surface area contributed by atoms with Gasteiger partial charge in [-0.25, -0.2) is 0 Å². The molecule has 1 aromatic rings. The Hall–Kier alpha value is -1.51. The highest BCUT2D eigenvalue weighted by molar-refractivity contribution is 5.82. The van der Waals surface area contributed by atoms with E-state index in [-0.39, 0.29) is 17.6 Å². The molecule has 1 atom stereocenters. The van der Waals surface area contributed by atoms with Crippen molar-refractivity contribution in [1.82, 2.24) is 5.32 Å². The summed E-state index contributed by atoms with van der Waals surface area (Å²) in [5.74, 6) is 1.09. The van der Waals surface area contributed by atoms with Crippen molar-refractivity contribution in [2.45, 2.75) is 64.5 Å². The van der Waals surface area contributed by atoms with E-state index in [9.17, 15) is 4.79 Å². The predicted molar refractivity (Wildman–Crippen MR) is 83.1 cm³/mol. The topological polar surface area (TPSA) is 38.3 Å². The Bertz CT molecular complexity index is 504. The molecule has 0 radical (unpaired) electrons. The lowest BCUT2D eigenvalue weighted by Gasteiger charge is -2.32. The Morgan fingerprint density at radius 3 is 2.67 bits per heavy atom. The van der Waals surface area contributed by atoms with Gasteiger partial charge in [0.2, 0.25) is 5.91 Å². The van der Waals surface area contributed by atoms with Crippen molar-refractivity contribution >= 4 is 5.91 Å². The third kappa shape index (κ3) is 3.22. The quantitative estimate of drug-likeness (QED) is 0.840. The smallest absolute Gasteiger partial charge is 0.228 e. The number of ether oxygens (including phenoxy) is 1. The molecule has 1 aliphatic heterocycles. The fraction of sp³-hybridized carbons (Fsp3) is 0.611. The van der Waals surface area contributed by atoms with Gasteiger partial charge in [0, 0.05) is 11.8 Å². The second kappa shape index (κ2) is 6.08. The van der Waals surface area contributed by atoms with Gasteiger partial charge in [0.05, 0.1) is 0 Å². The van der Waals surface area contributed by atoms with E-state index >= 15 is 0 Å². The Morgan fingerprint density at radius 1 is 1.19 bits per heavy atom. The first-order valence-corrected chi connectivity index (χ1v) is 8.23. The number of nitrogens with one attached hydrogen (secondary N) is 1. The van der Waals surface area contributed by atoms with Gasteiger partial charge in [0.15, 0.2) is 6.23 Å². The molecule has 114 valence electrons. The SMILES string of the molecule is CC1(C(=O)NC2CCc3ccccc3O2)CCCCCC1. The first-order chi connectivity index (χ1) is 10.2. The third-order valence-electron chi connectivity index (χ3n) is 4.97. The van der Waals surface area contributed by atoms with Crippen LogP contribution in [0.25, 0.3) is 0 Å². The van der Waals surface area contributed by atoms with Crippen molar-refractivity contribution in [2.24, 2.45) is 5.41 Å². The van der Waals surface area contributed by atoms with Gasteiger partial charge in [0.1, 0.15) is 5.75 Å². The molecular weight excluding hydrogens is 262 g/mol. The van der Waals surface area contributed by atoms with E-state index in [1.165, 1.54) is 18.4 Å². The summed E-state index contributed by atoms with van der Waals surface area (Å²) in [6.07, 6.45) is 8.51. The van der Waals surface area contributed by atoms with Crippen LogP contribution in [0.3, 0.4) is 0 Å². The Kier molecular flexibility index (Phi) is 4.18. The van der Waals surface area contributed by atoms with E-state index in [0.29, 0.717) is 0 Å². The van der Waals surface area contributed by atoms with Crippen molar-refractivity contribution in [2.75, 3.05) is 0 Å². The van der Waals surface area contributed by atoms with Crippen molar-refractivity contribution in [3.63, 3.8) is 0 Å². The summed E-state index contributed by atoms with van der Waals surface area (Å²) < 4.78 is 5.94. The van der Waals surface area contributed by atoms with Gasteiger partial charge in [-0.3, -0.25) is 4.79 Å². The second-order valence-corrected chi connectivity index (χ2v) is 6.70. The van der Waals surface area contributed by atoms with E-state index in [2.05, 4.69) is 18.3 Å². The van der Waals surface area contributed by atoms with Gasteiger partial charge in [-0.2, -0.15) is 0 Å². The zero-order chi connectivity index (χ0) is 14.7. The lowest BCUT2D eigenvalue weighted by molar-refractivity contribution is -0.133. The van der Waals surface area contributed by atoms with Crippen LogP contribution in [0.2, 0.25) is 0 Å². The molecule has 0 spiro atoms. The number of carbonyl (C=O) groups excluding carboxylic acids is 1. The van der Waals surface area contributed by atoms with Crippen molar-refractivity contribution in [3.05, 3.63) is 29.8 Å². The van der Waals surface area contributed by atoms with Gasteiger partial charge in [0.25, 0.3) is 0 Å². The summed E-state index contributed by atoms with van der Waals surface area (Å²) in [7, 11) is 0. The molecule has 3 rings (SSSR count). The molecular formula is C18H25NO2. The van der Waals surface area contributed by atoms with E-state index < -0.39 is 0 Å². The maximum absolute atomic E-state index is 12.7. The summed E-state index contributed by atoms with van der Waals surface area (Å²) >= 11 is 0. The zero-order valence-electron chi connectivity index (χ0n) is 12.9. The fourth-order valence-electron chi connectivity index (χ4n) is 3.48. The van der Waals surface area contributed by atoms with Gasteiger partial charge in [-0.1, -0.05) is 50.8 Å². The normalized spacial score (nSPS) is 24.3. The molecule has 1 fully saturated rings. The number of para-hydroxylation sites is 1. The van der Waals surface area contributed by atoms with Gasteiger partial charge >= 0.3 is 0 Å². The first kappa shape index (κ1) is 14.4. The van der Waals surface area contributed by atoms with E-state index in [4.69, 9.17) is 4.74 Å². The first-order valence-electron chi connectivity index (χ1n) is 8.23. The molecule has 1 heterocycles. The summed E-state index contributed by atoms with van der Waals surface area (Å²) in [6, 6.07) is 8.10. The number of aryl methyl sites for hydroxylation is 1. The molecule has 1 amide bonds. The summed E-state index contributed by atoms with van der Waals surface area (Å²) in [5, 5.41) is 3.14. The minimum absolute atomic E-state index is 0.174. The summed E-state index contributed by atoms with van der Waals surface area (Å²) in [6.45, 7) is 2.12. The molecule has 2 aliphatic rings. The van der Waals surface area contributed by atoms with E-state index in [1.54, 1.807) is 0 Å². The van der Waals surface area contributed by atoms with Crippen LogP contribution in [0, 0.1) is 5.41 Å². The lowest BCUT2D eigenvalue weighted by atomic mass is 9.81. The zero-order valence-corrected chi connectivity index (χ0v) is 12.9. The largest absolute Gasteiger partial charge is 0.470 e. The summed E-state index contributed by atoms with van der Waals surface area (Å²) in [4.78, 5) is 12.7. The average molecular weight is 287 g/mol. The number of hydrogen-bond donors (Lipinski definition) is 1. The monoisotopic (exact) mass is 287 g/mol. The highest BCUT2D eigenvalue weighted by atomic mass is 16.5. The Morgan fingerprint density at radius 2 is 1.90 bits per heavy atom. The van der Waals surface area contributed by atoms with Crippen LogP contribution in [0.5, 0.6) is 5.75 Å². The van der Waals surface area contributed by atoms with Crippen LogP contribution >= 0.6 is 0 Å². The molecule has 3 nitrogen and oxygen atoms in total. The fourth-order valence-corrected chi connectivity index (χ4v) is 3.48. The van der Waals surface area contributed by atoms with E-state index in [1.807, 2.05) is 18.2 Å². The molecule has 1 N–H and O–H groups in total. The van der Waals surface area contributed by atoms with Gasteiger partial charge in [-0.15, -0.1) is 0 Å². The van der Waals surface area contributed by atoms with Gasteiger partial charge < -0.3 is 10.1 Å². The maximum atomic E-state index is 12.7. The predicted octanol–water partition coefficient (Wildman–Crippen LogP) is 3.81. The van der Waals surface area contributed by atoms with Gasteiger partial charge in [-0.05, 0) is 30.9 Å². The molecule has 3 heteroatoms. The molecule has 1 aliphatic carbocycles. The molecule has 0 saturated heterocycles. The van der Waals surface area contributed by atoms with Crippen LogP contribution in [-0.4, -0.2) is 12.1 Å². The molecule has 21 heavy (non-hydrogen) atoms. The number of benzene rings is 1. The standard InChI is InChI=1S/C18H25NO2/c1-18(12-6-2-3-7-13-18)17(20)19-16-11-10-14-8-4-5-9-15(14)21-16/h4-5,8-9,16H,2-3,6-7,10-13H2,1H3,(H,19,20). The van der Waals surface area contributed by atoms with Crippen LogP contribution < -0.4 is 10.1 Å². The van der Waals surface area contributed by atoms with Crippen LogP contribution in [-0.2, 0) is 11.2 Å². The maximum Gasteiger partial charge on any atom is 0.228 e. The van der Waals surface area contributed by atoms with E-state index in [0.717, 1.165) is 44.3 Å². The van der Waals surface area contributed by atoms with Crippen molar-refractivity contribution < 1.29 is 9.53 Å². The molecule has 0 aromatic heterocycles. The Labute approximate surface area is 127 Å². The number of amides is 1. The minimum atomic E-state index is -0.211. The number of rotatable bonds is 2. The van der Waals surface area contributed by atoms with Crippen LogP contribution in [0.15, 0.2) is 24.3 Å². The molecule has 1 saturated carbocycles. The van der Waals surface area contributed by atoms with Crippen molar-refractivity contribution in [3.8, 4) is 5.75 Å². The molecule has 1 unspecified atom stereocenters. The average Bonchev–Trinajstić information content (AvgIpc) is 2.73. The summed E-state index contributed by atoms with van der Waals surface area (Å²) in [5.41, 5.74) is 1.03. The number of carbonyl (C=O) groups is 1. The molecule has 0 bridgehead atoms. The lowest BCUT2D eigenvalue weighted by Crippen LogP contribution is -2.47.